The average molecular weight is 707 g/mol. The summed E-state index contributed by atoms with van der Waals surface area (Å²) in [4.78, 5) is 28.8. The summed E-state index contributed by atoms with van der Waals surface area (Å²) in [5.74, 6) is 0.0805. The molecule has 11 nitrogen and oxygen atoms in total. The second-order valence-electron chi connectivity index (χ2n) is 10.2. The molecule has 3 aromatic carbocycles. The number of carbonyl (C=O) groups excluding carboxylic acids is 2. The molecule has 0 aliphatic rings. The van der Waals surface area contributed by atoms with Crippen molar-refractivity contribution in [1.82, 2.24) is 10.2 Å². The smallest absolute Gasteiger partial charge is 0.265 e. The third-order valence-corrected chi connectivity index (χ3v) is 9.54. The Bertz CT molecular complexity index is 1600. The number of hydrogen-bond donors (Lipinski definition) is 1. The van der Waals surface area contributed by atoms with E-state index in [2.05, 4.69) is 21.2 Å². The van der Waals surface area contributed by atoms with Crippen LogP contribution in [0.5, 0.6) is 23.0 Å². The van der Waals surface area contributed by atoms with Gasteiger partial charge in [0.05, 0.1) is 39.0 Å². The molecule has 0 unspecified atom stereocenters. The standard InChI is InChI=1S/C32H40BrN3O8S/c1-8-21(2)34-32(38)22(3)35(19-23-10-9-11-24(33)16-23)31(37)20-36(27-17-25(41-4)12-14-28(27)42-5)45(39,40)26-13-15-29(43-6)30(18-26)44-7/h9-18,21-22H,8,19-20H2,1-7H3,(H,34,38)/t21-,22+/m1/s1. The molecule has 3 rings (SSSR count). The number of hydrogen-bond acceptors (Lipinski definition) is 8. The number of sulfonamides is 1. The van der Waals surface area contributed by atoms with Crippen LogP contribution in [-0.2, 0) is 26.2 Å². The lowest BCUT2D eigenvalue weighted by Crippen LogP contribution is -2.52. The first-order valence-corrected chi connectivity index (χ1v) is 16.4. The lowest BCUT2D eigenvalue weighted by atomic mass is 10.1. The molecule has 0 saturated heterocycles. The van der Waals surface area contributed by atoms with Gasteiger partial charge in [-0.15, -0.1) is 0 Å². The van der Waals surface area contributed by atoms with Crippen LogP contribution in [0.3, 0.4) is 0 Å². The first-order valence-electron chi connectivity index (χ1n) is 14.2. The molecule has 1 N–H and O–H groups in total. The quantitative estimate of drug-likeness (QED) is 0.234. The van der Waals surface area contributed by atoms with Gasteiger partial charge in [0.15, 0.2) is 11.5 Å². The Morgan fingerprint density at radius 3 is 2.13 bits per heavy atom. The molecular weight excluding hydrogens is 666 g/mol. The van der Waals surface area contributed by atoms with E-state index in [1.54, 1.807) is 19.1 Å². The van der Waals surface area contributed by atoms with Gasteiger partial charge in [0.25, 0.3) is 10.0 Å². The van der Waals surface area contributed by atoms with Gasteiger partial charge in [-0.2, -0.15) is 0 Å². The average Bonchev–Trinajstić information content (AvgIpc) is 3.04. The maximum Gasteiger partial charge on any atom is 0.265 e. The van der Waals surface area contributed by atoms with Crippen molar-refractivity contribution in [2.24, 2.45) is 0 Å². The molecule has 0 bridgehead atoms. The largest absolute Gasteiger partial charge is 0.497 e. The SMILES string of the molecule is CC[C@@H](C)NC(=O)[C@H](C)N(Cc1cccc(Br)c1)C(=O)CN(c1cc(OC)ccc1OC)S(=O)(=O)c1ccc(OC)c(OC)c1. The number of benzene rings is 3. The van der Waals surface area contributed by atoms with Crippen molar-refractivity contribution in [1.29, 1.82) is 0 Å². The summed E-state index contributed by atoms with van der Waals surface area (Å²) in [5.41, 5.74) is 0.813. The van der Waals surface area contributed by atoms with Crippen molar-refractivity contribution in [2.75, 3.05) is 39.3 Å². The van der Waals surface area contributed by atoms with E-state index in [0.29, 0.717) is 17.9 Å². The van der Waals surface area contributed by atoms with Crippen molar-refractivity contribution in [3.8, 4) is 23.0 Å². The van der Waals surface area contributed by atoms with Crippen LogP contribution in [0.1, 0.15) is 32.8 Å². The topological polar surface area (TPSA) is 124 Å². The fourth-order valence-electron chi connectivity index (χ4n) is 4.49. The summed E-state index contributed by atoms with van der Waals surface area (Å²) < 4.78 is 52.1. The lowest BCUT2D eigenvalue weighted by Gasteiger charge is -2.33. The molecule has 0 radical (unpaired) electrons. The Labute approximate surface area is 273 Å². The number of amides is 2. The van der Waals surface area contributed by atoms with Crippen LogP contribution >= 0.6 is 15.9 Å². The van der Waals surface area contributed by atoms with Crippen LogP contribution in [0.25, 0.3) is 0 Å². The molecule has 0 aromatic heterocycles. The predicted octanol–water partition coefficient (Wildman–Crippen LogP) is 5.01. The first-order chi connectivity index (χ1) is 21.4. The van der Waals surface area contributed by atoms with Crippen LogP contribution in [0, 0.1) is 0 Å². The Morgan fingerprint density at radius 2 is 1.53 bits per heavy atom. The highest BCUT2D eigenvalue weighted by Crippen LogP contribution is 2.38. The van der Waals surface area contributed by atoms with Gasteiger partial charge in [0.1, 0.15) is 24.1 Å². The van der Waals surface area contributed by atoms with E-state index in [1.807, 2.05) is 38.1 Å². The van der Waals surface area contributed by atoms with Crippen LogP contribution in [0.4, 0.5) is 5.69 Å². The number of halogens is 1. The Balaban J connectivity index is 2.17. The van der Waals surface area contributed by atoms with Gasteiger partial charge in [-0.1, -0.05) is 35.0 Å². The number of rotatable bonds is 15. The number of carbonyl (C=O) groups is 2. The number of nitrogens with one attached hydrogen (secondary N) is 1. The second-order valence-corrected chi connectivity index (χ2v) is 13.0. The number of nitrogens with zero attached hydrogens (tertiary/aromatic N) is 2. The van der Waals surface area contributed by atoms with Crippen LogP contribution in [0.15, 0.2) is 70.0 Å². The summed E-state index contributed by atoms with van der Waals surface area (Å²) in [6, 6.07) is 15.1. The van der Waals surface area contributed by atoms with E-state index in [4.69, 9.17) is 18.9 Å². The molecule has 2 amide bonds. The normalized spacial score (nSPS) is 12.4. The molecule has 2 atom stereocenters. The van der Waals surface area contributed by atoms with Crippen molar-refractivity contribution < 1.29 is 37.0 Å². The zero-order valence-corrected chi connectivity index (χ0v) is 28.9. The van der Waals surface area contributed by atoms with Crippen LogP contribution in [-0.4, -0.2) is 72.2 Å². The van der Waals surface area contributed by atoms with Crippen molar-refractivity contribution in [3.05, 3.63) is 70.7 Å². The Morgan fingerprint density at radius 1 is 0.867 bits per heavy atom. The monoisotopic (exact) mass is 705 g/mol. The third kappa shape index (κ3) is 8.60. The van der Waals surface area contributed by atoms with E-state index < -0.39 is 28.5 Å². The molecule has 0 aliphatic carbocycles. The third-order valence-electron chi connectivity index (χ3n) is 7.29. The highest BCUT2D eigenvalue weighted by Gasteiger charge is 2.35. The second kappa shape index (κ2) is 15.8. The van der Waals surface area contributed by atoms with Crippen LogP contribution in [0.2, 0.25) is 0 Å². The summed E-state index contributed by atoms with van der Waals surface area (Å²) in [6.07, 6.45) is 0.699. The zero-order chi connectivity index (χ0) is 33.3. The molecule has 0 aliphatic heterocycles. The fraction of sp³-hybridized carbons (Fsp3) is 0.375. The predicted molar refractivity (Wildman–Crippen MR) is 176 cm³/mol. The highest BCUT2D eigenvalue weighted by atomic mass is 79.9. The van der Waals surface area contributed by atoms with E-state index >= 15 is 0 Å². The molecule has 0 spiro atoms. The molecular formula is C32H40BrN3O8S. The zero-order valence-electron chi connectivity index (χ0n) is 26.5. The van der Waals surface area contributed by atoms with Gasteiger partial charge in [-0.25, -0.2) is 8.42 Å². The van der Waals surface area contributed by atoms with Crippen LogP contribution < -0.4 is 28.6 Å². The molecule has 0 saturated carbocycles. The minimum atomic E-state index is -4.44. The van der Waals surface area contributed by atoms with Gasteiger partial charge >= 0.3 is 0 Å². The highest BCUT2D eigenvalue weighted by molar-refractivity contribution is 9.10. The summed E-state index contributed by atoms with van der Waals surface area (Å²) >= 11 is 3.46. The molecule has 244 valence electrons. The number of methoxy groups -OCH3 is 4. The lowest BCUT2D eigenvalue weighted by molar-refractivity contribution is -0.139. The van der Waals surface area contributed by atoms with Crippen molar-refractivity contribution in [3.63, 3.8) is 0 Å². The summed E-state index contributed by atoms with van der Waals surface area (Å²) in [6.45, 7) is 4.82. The van der Waals surface area contributed by atoms with E-state index in [1.165, 1.54) is 57.6 Å². The van der Waals surface area contributed by atoms with Gasteiger partial charge in [0.2, 0.25) is 11.8 Å². The van der Waals surface area contributed by atoms with Gasteiger partial charge in [0, 0.05) is 29.2 Å². The Hall–Kier alpha value is -3.97. The van der Waals surface area contributed by atoms with E-state index in [-0.39, 0.29) is 40.6 Å². The molecule has 3 aromatic rings. The maximum absolute atomic E-state index is 14.4. The van der Waals surface area contributed by atoms with E-state index in [0.717, 1.165) is 14.3 Å². The molecule has 13 heteroatoms. The summed E-state index contributed by atoms with van der Waals surface area (Å²) in [7, 11) is 1.24. The minimum absolute atomic E-state index is 0.0485. The molecule has 45 heavy (non-hydrogen) atoms. The molecule has 0 fully saturated rings. The number of ether oxygens (including phenoxy) is 4. The maximum atomic E-state index is 14.4. The van der Waals surface area contributed by atoms with Crippen molar-refractivity contribution >= 4 is 43.5 Å². The Kier molecular flexibility index (Phi) is 12.5. The van der Waals surface area contributed by atoms with Gasteiger partial charge < -0.3 is 29.2 Å². The minimum Gasteiger partial charge on any atom is -0.497 e. The number of anilines is 1. The molecule has 0 heterocycles. The van der Waals surface area contributed by atoms with Gasteiger partial charge in [-0.05, 0) is 62.2 Å². The van der Waals surface area contributed by atoms with Gasteiger partial charge in [-0.3, -0.25) is 13.9 Å². The first kappa shape index (κ1) is 35.5. The van der Waals surface area contributed by atoms with Crippen molar-refractivity contribution in [2.45, 2.75) is 50.7 Å². The fourth-order valence-corrected chi connectivity index (χ4v) is 6.37. The van der Waals surface area contributed by atoms with E-state index in [9.17, 15) is 18.0 Å². The summed E-state index contributed by atoms with van der Waals surface area (Å²) in [5, 5.41) is 2.92.